The number of aromatic nitrogens is 2. The number of nitrogens with zero attached hydrogens (tertiary/aromatic N) is 2. The van der Waals surface area contributed by atoms with Crippen LogP contribution in [-0.2, 0) is 4.79 Å². The Labute approximate surface area is 149 Å². The first-order valence-electron chi connectivity index (χ1n) is 7.73. The van der Waals surface area contributed by atoms with E-state index < -0.39 is 0 Å². The lowest BCUT2D eigenvalue weighted by Crippen LogP contribution is -2.11. The molecule has 0 fully saturated rings. The van der Waals surface area contributed by atoms with Gasteiger partial charge in [0.1, 0.15) is 0 Å². The number of hydrogen-bond acceptors (Lipinski definition) is 5. The number of carbonyl (C=O) groups excluding carboxylic acids is 2. The van der Waals surface area contributed by atoms with Crippen molar-refractivity contribution in [2.75, 3.05) is 10.6 Å². The number of nitrogens with one attached hydrogen (secondary N) is 2. The van der Waals surface area contributed by atoms with Crippen molar-refractivity contribution in [1.82, 2.24) is 9.97 Å². The summed E-state index contributed by atoms with van der Waals surface area (Å²) in [6.07, 6.45) is 3.54. The molecule has 0 saturated carbocycles. The van der Waals surface area contributed by atoms with Gasteiger partial charge in [-0.15, -0.1) is 11.3 Å². The molecule has 126 valence electrons. The van der Waals surface area contributed by atoms with Gasteiger partial charge in [0, 0.05) is 35.4 Å². The standard InChI is InChI=1S/C18H16N4O2S/c1-2-16(23)22-18-21-15(11-25-18)12-5-3-7-14(9-12)20-17(24)13-6-4-8-19-10-13/h3-11H,2H2,1H3,(H,20,24)(H,21,22,23). The van der Waals surface area contributed by atoms with E-state index in [4.69, 9.17) is 0 Å². The highest BCUT2D eigenvalue weighted by atomic mass is 32.1. The quantitative estimate of drug-likeness (QED) is 0.731. The Bertz CT molecular complexity index is 893. The molecule has 3 aromatic rings. The average Bonchev–Trinajstić information content (AvgIpc) is 3.11. The molecule has 2 N–H and O–H groups in total. The molecular weight excluding hydrogens is 336 g/mol. The van der Waals surface area contributed by atoms with E-state index in [0.717, 1.165) is 11.3 Å². The maximum Gasteiger partial charge on any atom is 0.257 e. The number of rotatable bonds is 5. The lowest BCUT2D eigenvalue weighted by molar-refractivity contribution is -0.115. The number of anilines is 2. The highest BCUT2D eigenvalue weighted by Crippen LogP contribution is 2.27. The van der Waals surface area contributed by atoms with Crippen LogP contribution in [0.4, 0.5) is 10.8 Å². The highest BCUT2D eigenvalue weighted by molar-refractivity contribution is 7.14. The molecule has 0 aliphatic heterocycles. The summed E-state index contributed by atoms with van der Waals surface area (Å²) in [7, 11) is 0. The van der Waals surface area contributed by atoms with E-state index >= 15 is 0 Å². The Morgan fingerprint density at radius 1 is 1.16 bits per heavy atom. The van der Waals surface area contributed by atoms with Gasteiger partial charge in [-0.1, -0.05) is 19.1 Å². The van der Waals surface area contributed by atoms with E-state index in [2.05, 4.69) is 20.6 Å². The van der Waals surface area contributed by atoms with Crippen molar-refractivity contribution < 1.29 is 9.59 Å². The molecule has 0 saturated heterocycles. The van der Waals surface area contributed by atoms with E-state index in [0.29, 0.717) is 22.8 Å². The summed E-state index contributed by atoms with van der Waals surface area (Å²) < 4.78 is 0. The smallest absolute Gasteiger partial charge is 0.257 e. The first kappa shape index (κ1) is 16.8. The maximum absolute atomic E-state index is 12.2. The van der Waals surface area contributed by atoms with Crippen LogP contribution in [0.1, 0.15) is 23.7 Å². The van der Waals surface area contributed by atoms with Crippen LogP contribution >= 0.6 is 11.3 Å². The van der Waals surface area contributed by atoms with Gasteiger partial charge < -0.3 is 10.6 Å². The van der Waals surface area contributed by atoms with Crippen LogP contribution < -0.4 is 10.6 Å². The maximum atomic E-state index is 12.2. The Hall–Kier alpha value is -3.06. The van der Waals surface area contributed by atoms with Gasteiger partial charge in [-0.3, -0.25) is 14.6 Å². The molecule has 2 heterocycles. The summed E-state index contributed by atoms with van der Waals surface area (Å²) in [5, 5.41) is 8.02. The number of carbonyl (C=O) groups is 2. The molecular formula is C18H16N4O2S. The van der Waals surface area contributed by atoms with Gasteiger partial charge in [0.05, 0.1) is 11.3 Å². The number of pyridine rings is 1. The van der Waals surface area contributed by atoms with Gasteiger partial charge in [-0.2, -0.15) is 0 Å². The Balaban J connectivity index is 1.75. The summed E-state index contributed by atoms with van der Waals surface area (Å²) in [6, 6.07) is 10.8. The summed E-state index contributed by atoms with van der Waals surface area (Å²) in [5.74, 6) is -0.294. The SMILES string of the molecule is CCC(=O)Nc1nc(-c2cccc(NC(=O)c3cccnc3)c2)cs1. The van der Waals surface area contributed by atoms with Crippen molar-refractivity contribution in [3.05, 3.63) is 59.7 Å². The van der Waals surface area contributed by atoms with Gasteiger partial charge in [0.25, 0.3) is 5.91 Å². The summed E-state index contributed by atoms with van der Waals surface area (Å²) >= 11 is 1.37. The molecule has 6 nitrogen and oxygen atoms in total. The predicted molar refractivity (Wildman–Crippen MR) is 98.7 cm³/mol. The molecule has 0 aliphatic carbocycles. The minimum atomic E-state index is -0.223. The van der Waals surface area contributed by atoms with Crippen LogP contribution in [0.2, 0.25) is 0 Å². The lowest BCUT2D eigenvalue weighted by atomic mass is 10.1. The fraction of sp³-hybridized carbons (Fsp3) is 0.111. The van der Waals surface area contributed by atoms with Crippen LogP contribution in [0.15, 0.2) is 54.2 Å². The van der Waals surface area contributed by atoms with Crippen molar-refractivity contribution >= 4 is 34.0 Å². The molecule has 0 aliphatic rings. The minimum Gasteiger partial charge on any atom is -0.322 e. The van der Waals surface area contributed by atoms with E-state index in [1.165, 1.54) is 17.5 Å². The first-order valence-corrected chi connectivity index (χ1v) is 8.61. The number of amides is 2. The third-order valence-electron chi connectivity index (χ3n) is 3.41. The van der Waals surface area contributed by atoms with Gasteiger partial charge in [-0.05, 0) is 24.3 Å². The molecule has 1 aromatic carbocycles. The third-order valence-corrected chi connectivity index (χ3v) is 4.17. The number of hydrogen-bond donors (Lipinski definition) is 2. The molecule has 0 radical (unpaired) electrons. The van der Waals surface area contributed by atoms with Crippen LogP contribution in [0, 0.1) is 0 Å². The molecule has 0 spiro atoms. The molecule has 0 atom stereocenters. The predicted octanol–water partition coefficient (Wildman–Crippen LogP) is 3.81. The second kappa shape index (κ2) is 7.67. The second-order valence-electron chi connectivity index (χ2n) is 5.22. The second-order valence-corrected chi connectivity index (χ2v) is 6.07. The molecule has 2 aromatic heterocycles. The fourth-order valence-electron chi connectivity index (χ4n) is 2.13. The third kappa shape index (κ3) is 4.27. The van der Waals surface area contributed by atoms with Crippen molar-refractivity contribution in [3.63, 3.8) is 0 Å². The van der Waals surface area contributed by atoms with E-state index in [1.54, 1.807) is 25.3 Å². The minimum absolute atomic E-state index is 0.0709. The number of thiazole rings is 1. The molecule has 3 rings (SSSR count). The van der Waals surface area contributed by atoms with Crippen LogP contribution in [-0.4, -0.2) is 21.8 Å². The van der Waals surface area contributed by atoms with E-state index in [9.17, 15) is 9.59 Å². The summed E-state index contributed by atoms with van der Waals surface area (Å²) in [6.45, 7) is 1.79. The average molecular weight is 352 g/mol. The molecule has 7 heteroatoms. The highest BCUT2D eigenvalue weighted by Gasteiger charge is 2.09. The van der Waals surface area contributed by atoms with E-state index in [1.807, 2.05) is 29.6 Å². The van der Waals surface area contributed by atoms with Crippen molar-refractivity contribution in [1.29, 1.82) is 0 Å². The van der Waals surface area contributed by atoms with Crippen molar-refractivity contribution in [2.45, 2.75) is 13.3 Å². The zero-order chi connectivity index (χ0) is 17.6. The Morgan fingerprint density at radius 3 is 2.80 bits per heavy atom. The zero-order valence-electron chi connectivity index (χ0n) is 13.5. The Morgan fingerprint density at radius 2 is 2.04 bits per heavy atom. The van der Waals surface area contributed by atoms with Gasteiger partial charge in [0.15, 0.2) is 5.13 Å². The Kier molecular flexibility index (Phi) is 5.15. The van der Waals surface area contributed by atoms with Crippen molar-refractivity contribution in [2.24, 2.45) is 0 Å². The molecule has 0 unspecified atom stereocenters. The largest absolute Gasteiger partial charge is 0.322 e. The van der Waals surface area contributed by atoms with Gasteiger partial charge in [0.2, 0.25) is 5.91 Å². The monoisotopic (exact) mass is 352 g/mol. The molecule has 2 amide bonds. The van der Waals surface area contributed by atoms with Crippen LogP contribution in [0.3, 0.4) is 0 Å². The molecule has 0 bridgehead atoms. The first-order chi connectivity index (χ1) is 12.2. The topological polar surface area (TPSA) is 84.0 Å². The summed E-state index contributed by atoms with van der Waals surface area (Å²) in [4.78, 5) is 32.0. The molecule has 25 heavy (non-hydrogen) atoms. The van der Waals surface area contributed by atoms with Crippen LogP contribution in [0.5, 0.6) is 0 Å². The summed E-state index contributed by atoms with van der Waals surface area (Å²) in [5.41, 5.74) is 2.76. The zero-order valence-corrected chi connectivity index (χ0v) is 14.3. The number of benzene rings is 1. The van der Waals surface area contributed by atoms with Gasteiger partial charge in [-0.25, -0.2) is 4.98 Å². The fourth-order valence-corrected chi connectivity index (χ4v) is 2.86. The van der Waals surface area contributed by atoms with Crippen molar-refractivity contribution in [3.8, 4) is 11.3 Å². The van der Waals surface area contributed by atoms with Gasteiger partial charge >= 0.3 is 0 Å². The van der Waals surface area contributed by atoms with E-state index in [-0.39, 0.29) is 11.8 Å². The lowest BCUT2D eigenvalue weighted by Gasteiger charge is -2.06. The van der Waals surface area contributed by atoms with Crippen LogP contribution in [0.25, 0.3) is 11.3 Å². The normalized spacial score (nSPS) is 10.3.